The van der Waals surface area contributed by atoms with E-state index in [1.165, 1.54) is 26.7 Å². The molecule has 2 aromatic rings. The summed E-state index contributed by atoms with van der Waals surface area (Å²) < 4.78 is 2.30. The average molecular weight is 352 g/mol. The minimum Gasteiger partial charge on any atom is -0.0619 e. The average Bonchev–Trinajstić information content (AvgIpc) is 2.54. The molecule has 0 N–H and O–H groups in total. The van der Waals surface area contributed by atoms with Crippen molar-refractivity contribution in [1.82, 2.24) is 0 Å². The van der Waals surface area contributed by atoms with Crippen LogP contribution in [0.25, 0.3) is 11.1 Å². The van der Waals surface area contributed by atoms with Crippen molar-refractivity contribution in [2.75, 3.05) is 0 Å². The summed E-state index contributed by atoms with van der Waals surface area (Å²) in [5.41, 5.74) is 5.57. The minimum absolute atomic E-state index is 0.0640. The van der Waals surface area contributed by atoms with E-state index in [1.54, 1.807) is 0 Å². The summed E-state index contributed by atoms with van der Waals surface area (Å²) in [5, 5.41) is 0. The molecule has 0 aromatic heterocycles. The first-order valence-electron chi connectivity index (χ1n) is 5.62. The Morgan fingerprint density at radius 3 is 2.35 bits per heavy atom. The van der Waals surface area contributed by atoms with Crippen LogP contribution in [0.4, 0.5) is 0 Å². The van der Waals surface area contributed by atoms with Crippen LogP contribution in [0, 0.1) is 0 Å². The fourth-order valence-corrected chi connectivity index (χ4v) is 3.96. The topological polar surface area (TPSA) is 0 Å². The van der Waals surface area contributed by atoms with Gasteiger partial charge in [-0.2, -0.15) is 0 Å². The third kappa shape index (κ3) is 1.47. The van der Waals surface area contributed by atoms with Crippen molar-refractivity contribution in [3.05, 3.63) is 56.5 Å². The predicted octanol–water partition coefficient (Wildman–Crippen LogP) is 5.52. The van der Waals surface area contributed by atoms with Crippen LogP contribution in [0.2, 0.25) is 0 Å². The molecule has 1 aliphatic rings. The zero-order valence-electron chi connectivity index (χ0n) is 9.72. The molecule has 0 saturated heterocycles. The molecule has 0 spiro atoms. The van der Waals surface area contributed by atoms with Crippen LogP contribution in [-0.4, -0.2) is 0 Å². The molecule has 17 heavy (non-hydrogen) atoms. The highest BCUT2D eigenvalue weighted by molar-refractivity contribution is 9.13. The Kier molecular flexibility index (Phi) is 2.50. The van der Waals surface area contributed by atoms with E-state index in [0.717, 1.165) is 4.47 Å². The van der Waals surface area contributed by atoms with Gasteiger partial charge in [-0.25, -0.2) is 0 Å². The van der Waals surface area contributed by atoms with Gasteiger partial charge in [0.15, 0.2) is 0 Å². The molecule has 0 amide bonds. The Morgan fingerprint density at radius 2 is 1.59 bits per heavy atom. The fourth-order valence-electron chi connectivity index (χ4n) is 2.78. The van der Waals surface area contributed by atoms with E-state index in [-0.39, 0.29) is 5.41 Å². The fraction of sp³-hybridized carbons (Fsp3) is 0.200. The second-order valence-electron chi connectivity index (χ2n) is 4.95. The van der Waals surface area contributed by atoms with Gasteiger partial charge < -0.3 is 0 Å². The molecule has 0 unspecified atom stereocenters. The van der Waals surface area contributed by atoms with Gasteiger partial charge in [-0.15, -0.1) is 0 Å². The Labute approximate surface area is 118 Å². The van der Waals surface area contributed by atoms with Crippen molar-refractivity contribution in [2.45, 2.75) is 19.3 Å². The lowest BCUT2D eigenvalue weighted by atomic mass is 9.82. The zero-order chi connectivity index (χ0) is 12.2. The number of rotatable bonds is 0. The van der Waals surface area contributed by atoms with Gasteiger partial charge in [0, 0.05) is 14.4 Å². The Balaban J connectivity index is 2.44. The first-order valence-corrected chi connectivity index (χ1v) is 7.20. The molecule has 2 heteroatoms. The summed E-state index contributed by atoms with van der Waals surface area (Å²) in [4.78, 5) is 0. The minimum atomic E-state index is 0.0640. The Bertz CT molecular complexity index is 612. The quantitative estimate of drug-likeness (QED) is 0.586. The maximum atomic E-state index is 3.72. The molecular weight excluding hydrogens is 340 g/mol. The van der Waals surface area contributed by atoms with E-state index >= 15 is 0 Å². The van der Waals surface area contributed by atoms with Gasteiger partial charge in [0.05, 0.1) is 0 Å². The van der Waals surface area contributed by atoms with E-state index in [1.807, 2.05) is 0 Å². The lowest BCUT2D eigenvalue weighted by Gasteiger charge is -2.23. The van der Waals surface area contributed by atoms with Crippen LogP contribution < -0.4 is 0 Å². The normalized spacial score (nSPS) is 15.5. The lowest BCUT2D eigenvalue weighted by Crippen LogP contribution is -2.15. The van der Waals surface area contributed by atoms with Crippen LogP contribution in [0.5, 0.6) is 0 Å². The van der Waals surface area contributed by atoms with Crippen LogP contribution in [0.15, 0.2) is 45.3 Å². The van der Waals surface area contributed by atoms with Crippen molar-refractivity contribution in [2.24, 2.45) is 0 Å². The molecular formula is C15H12Br2. The van der Waals surface area contributed by atoms with Gasteiger partial charge >= 0.3 is 0 Å². The molecule has 0 aliphatic heterocycles. The van der Waals surface area contributed by atoms with Crippen molar-refractivity contribution in [1.29, 1.82) is 0 Å². The highest BCUT2D eigenvalue weighted by Crippen LogP contribution is 2.52. The summed E-state index contributed by atoms with van der Waals surface area (Å²) in [6, 6.07) is 13.0. The smallest absolute Gasteiger partial charge is 0.0364 e. The molecule has 0 atom stereocenters. The molecule has 0 radical (unpaired) electrons. The molecule has 86 valence electrons. The summed E-state index contributed by atoms with van der Waals surface area (Å²) in [6.07, 6.45) is 0. The first-order chi connectivity index (χ1) is 8.03. The SMILES string of the molecule is CC1(C)c2ccccc2-c2ccc(Br)c(Br)c21. The van der Waals surface area contributed by atoms with E-state index in [4.69, 9.17) is 0 Å². The van der Waals surface area contributed by atoms with Crippen LogP contribution >= 0.6 is 31.9 Å². The summed E-state index contributed by atoms with van der Waals surface area (Å²) in [5.74, 6) is 0. The molecule has 2 aromatic carbocycles. The largest absolute Gasteiger partial charge is 0.0619 e. The highest BCUT2D eigenvalue weighted by Gasteiger charge is 2.37. The lowest BCUT2D eigenvalue weighted by molar-refractivity contribution is 0.656. The van der Waals surface area contributed by atoms with Gasteiger partial charge in [0.25, 0.3) is 0 Å². The maximum Gasteiger partial charge on any atom is 0.0364 e. The van der Waals surface area contributed by atoms with Crippen molar-refractivity contribution in [3.63, 3.8) is 0 Å². The van der Waals surface area contributed by atoms with Crippen molar-refractivity contribution < 1.29 is 0 Å². The zero-order valence-corrected chi connectivity index (χ0v) is 12.9. The van der Waals surface area contributed by atoms with Crippen LogP contribution in [-0.2, 0) is 5.41 Å². The van der Waals surface area contributed by atoms with E-state index in [9.17, 15) is 0 Å². The number of hydrogen-bond acceptors (Lipinski definition) is 0. The monoisotopic (exact) mass is 350 g/mol. The maximum absolute atomic E-state index is 3.72. The summed E-state index contributed by atoms with van der Waals surface area (Å²) in [6.45, 7) is 4.57. The van der Waals surface area contributed by atoms with E-state index < -0.39 is 0 Å². The molecule has 0 nitrogen and oxygen atoms in total. The molecule has 0 heterocycles. The number of benzene rings is 2. The molecule has 0 saturated carbocycles. The van der Waals surface area contributed by atoms with Crippen LogP contribution in [0.1, 0.15) is 25.0 Å². The molecule has 1 aliphatic carbocycles. The standard InChI is InChI=1S/C15H12Br2/c1-15(2)11-6-4-3-5-9(11)10-7-8-12(16)14(17)13(10)15/h3-8H,1-2H3. The summed E-state index contributed by atoms with van der Waals surface area (Å²) in [7, 11) is 0. The first kappa shape index (κ1) is 11.5. The van der Waals surface area contributed by atoms with Gasteiger partial charge in [0.1, 0.15) is 0 Å². The Hall–Kier alpha value is -0.600. The third-order valence-corrected chi connectivity index (χ3v) is 5.63. The van der Waals surface area contributed by atoms with Crippen molar-refractivity contribution in [3.8, 4) is 11.1 Å². The van der Waals surface area contributed by atoms with Gasteiger partial charge in [-0.1, -0.05) is 44.2 Å². The Morgan fingerprint density at radius 1 is 0.882 bits per heavy atom. The number of halogens is 2. The number of hydrogen-bond donors (Lipinski definition) is 0. The predicted molar refractivity (Wildman–Crippen MR) is 79.4 cm³/mol. The van der Waals surface area contributed by atoms with E-state index in [2.05, 4.69) is 82.1 Å². The van der Waals surface area contributed by atoms with Gasteiger partial charge in [-0.3, -0.25) is 0 Å². The van der Waals surface area contributed by atoms with Gasteiger partial charge in [0.2, 0.25) is 0 Å². The van der Waals surface area contributed by atoms with E-state index in [0.29, 0.717) is 0 Å². The van der Waals surface area contributed by atoms with Crippen molar-refractivity contribution >= 4 is 31.9 Å². The van der Waals surface area contributed by atoms with Crippen LogP contribution in [0.3, 0.4) is 0 Å². The van der Waals surface area contributed by atoms with Gasteiger partial charge in [-0.05, 0) is 60.2 Å². The molecule has 3 rings (SSSR count). The molecule has 0 bridgehead atoms. The highest BCUT2D eigenvalue weighted by atomic mass is 79.9. The molecule has 0 fully saturated rings. The second-order valence-corrected chi connectivity index (χ2v) is 6.60. The second kappa shape index (κ2) is 3.69. The number of fused-ring (bicyclic) bond motifs is 3. The third-order valence-electron chi connectivity index (χ3n) is 3.61. The summed E-state index contributed by atoms with van der Waals surface area (Å²) >= 11 is 7.32.